The SMILES string of the molecule is COc1cc(C(=O)N[C@H]2CCCCNC(=O)c3coc(n3)[C@@H](Cc3ccccc3)NC(=O)[C@H](C(C)C)NC2=O)ccn1. The number of hydrogen-bond acceptors (Lipinski definition) is 8. The van der Waals surface area contributed by atoms with Crippen molar-refractivity contribution in [3.05, 3.63) is 77.6 Å². The van der Waals surface area contributed by atoms with Crippen molar-refractivity contribution in [1.82, 2.24) is 31.2 Å². The van der Waals surface area contributed by atoms with Gasteiger partial charge in [-0.05, 0) is 36.8 Å². The van der Waals surface area contributed by atoms with Gasteiger partial charge in [-0.1, -0.05) is 44.2 Å². The van der Waals surface area contributed by atoms with Gasteiger partial charge >= 0.3 is 0 Å². The number of rotatable bonds is 6. The van der Waals surface area contributed by atoms with E-state index in [1.165, 1.54) is 31.7 Å². The number of ether oxygens (including phenoxy) is 1. The van der Waals surface area contributed by atoms with Crippen LogP contribution in [0.25, 0.3) is 0 Å². The lowest BCUT2D eigenvalue weighted by atomic mass is 10.00. The lowest BCUT2D eigenvalue weighted by Gasteiger charge is -2.27. The first-order valence-corrected chi connectivity index (χ1v) is 13.9. The third kappa shape index (κ3) is 7.93. The Hall–Kier alpha value is -4.74. The van der Waals surface area contributed by atoms with E-state index < -0.39 is 41.8 Å². The maximum atomic E-state index is 13.6. The van der Waals surface area contributed by atoms with E-state index in [0.29, 0.717) is 25.8 Å². The molecule has 3 aromatic rings. The molecule has 1 aliphatic rings. The average Bonchev–Trinajstić information content (AvgIpc) is 3.49. The predicted molar refractivity (Wildman–Crippen MR) is 153 cm³/mol. The van der Waals surface area contributed by atoms with Crippen LogP contribution in [0.2, 0.25) is 0 Å². The fourth-order valence-electron chi connectivity index (χ4n) is 4.59. The molecule has 1 aliphatic heterocycles. The second kappa shape index (κ2) is 14.2. The van der Waals surface area contributed by atoms with Crippen molar-refractivity contribution in [3.63, 3.8) is 0 Å². The normalized spacial score (nSPS) is 20.3. The van der Waals surface area contributed by atoms with Crippen LogP contribution in [-0.2, 0) is 16.0 Å². The second-order valence-electron chi connectivity index (χ2n) is 10.4. The number of benzene rings is 1. The Balaban J connectivity index is 1.59. The molecule has 4 amide bonds. The molecule has 0 radical (unpaired) electrons. The molecule has 0 fully saturated rings. The number of carbonyl (C=O) groups excluding carboxylic acids is 4. The summed E-state index contributed by atoms with van der Waals surface area (Å²) in [6, 6.07) is 9.93. The first-order chi connectivity index (χ1) is 20.2. The Morgan fingerprint density at radius 2 is 1.88 bits per heavy atom. The zero-order valence-corrected chi connectivity index (χ0v) is 23.9. The Bertz CT molecular complexity index is 1390. The molecule has 0 saturated carbocycles. The molecule has 4 rings (SSSR count). The summed E-state index contributed by atoms with van der Waals surface area (Å²) in [6.07, 6.45) is 4.41. The van der Waals surface area contributed by atoms with Gasteiger partial charge in [0, 0.05) is 30.8 Å². The molecule has 1 aromatic carbocycles. The maximum Gasteiger partial charge on any atom is 0.273 e. The summed E-state index contributed by atoms with van der Waals surface area (Å²) in [7, 11) is 1.44. The molecular weight excluding hydrogens is 540 g/mol. The Morgan fingerprint density at radius 3 is 2.62 bits per heavy atom. The summed E-state index contributed by atoms with van der Waals surface area (Å²) in [6.45, 7) is 3.97. The number of oxazole rings is 1. The Labute approximate surface area is 244 Å². The molecule has 0 aliphatic carbocycles. The van der Waals surface area contributed by atoms with E-state index >= 15 is 0 Å². The van der Waals surface area contributed by atoms with E-state index in [1.807, 2.05) is 44.2 Å². The Kier molecular flexibility index (Phi) is 10.2. The summed E-state index contributed by atoms with van der Waals surface area (Å²) in [5, 5.41) is 11.4. The smallest absolute Gasteiger partial charge is 0.273 e. The predicted octanol–water partition coefficient (Wildman–Crippen LogP) is 2.33. The number of pyridine rings is 1. The van der Waals surface area contributed by atoms with Crippen LogP contribution in [0.5, 0.6) is 5.88 Å². The molecule has 0 saturated heterocycles. The highest BCUT2D eigenvalue weighted by molar-refractivity contribution is 5.98. The summed E-state index contributed by atoms with van der Waals surface area (Å²) in [5.41, 5.74) is 1.30. The van der Waals surface area contributed by atoms with Crippen LogP contribution in [-0.4, -0.2) is 59.3 Å². The van der Waals surface area contributed by atoms with Crippen LogP contribution in [0.4, 0.5) is 0 Å². The molecule has 12 heteroatoms. The molecule has 222 valence electrons. The van der Waals surface area contributed by atoms with Crippen molar-refractivity contribution >= 4 is 23.6 Å². The number of amides is 4. The zero-order valence-electron chi connectivity index (χ0n) is 23.9. The van der Waals surface area contributed by atoms with Gasteiger partial charge in [0.05, 0.1) is 7.11 Å². The minimum atomic E-state index is -0.930. The topological polar surface area (TPSA) is 165 Å². The van der Waals surface area contributed by atoms with Gasteiger partial charge in [-0.3, -0.25) is 19.2 Å². The summed E-state index contributed by atoms with van der Waals surface area (Å²) in [5.74, 6) is -1.66. The third-order valence-electron chi connectivity index (χ3n) is 6.93. The zero-order chi connectivity index (χ0) is 30.1. The van der Waals surface area contributed by atoms with Crippen LogP contribution in [0.15, 0.2) is 59.3 Å². The second-order valence-corrected chi connectivity index (χ2v) is 10.4. The first-order valence-electron chi connectivity index (χ1n) is 13.9. The highest BCUT2D eigenvalue weighted by Crippen LogP contribution is 2.20. The molecular formula is C30H36N6O6. The van der Waals surface area contributed by atoms with Crippen molar-refractivity contribution in [2.24, 2.45) is 5.92 Å². The number of nitrogens with zero attached hydrogens (tertiary/aromatic N) is 2. The lowest BCUT2D eigenvalue weighted by Crippen LogP contribution is -2.56. The van der Waals surface area contributed by atoms with Crippen LogP contribution >= 0.6 is 0 Å². The minimum absolute atomic E-state index is 0.107. The number of methoxy groups -OCH3 is 1. The lowest BCUT2D eigenvalue weighted by molar-refractivity contribution is -0.131. The van der Waals surface area contributed by atoms with Gasteiger partial charge in [0.25, 0.3) is 11.8 Å². The number of hydrogen-bond donors (Lipinski definition) is 4. The third-order valence-corrected chi connectivity index (χ3v) is 6.93. The van der Waals surface area contributed by atoms with Gasteiger partial charge in [0.2, 0.25) is 23.6 Å². The number of fused-ring (bicyclic) bond motifs is 2. The highest BCUT2D eigenvalue weighted by atomic mass is 16.5. The monoisotopic (exact) mass is 576 g/mol. The molecule has 0 spiro atoms. The van der Waals surface area contributed by atoms with E-state index in [9.17, 15) is 19.2 Å². The van der Waals surface area contributed by atoms with Crippen molar-refractivity contribution < 1.29 is 28.3 Å². The van der Waals surface area contributed by atoms with Crippen LogP contribution in [0.3, 0.4) is 0 Å². The first kappa shape index (κ1) is 30.2. The van der Waals surface area contributed by atoms with Crippen molar-refractivity contribution in [2.45, 2.75) is 57.7 Å². The van der Waals surface area contributed by atoms with E-state index in [1.54, 1.807) is 0 Å². The fourth-order valence-corrected chi connectivity index (χ4v) is 4.59. The average molecular weight is 577 g/mol. The van der Waals surface area contributed by atoms with Crippen LogP contribution in [0.1, 0.15) is 71.5 Å². The molecule has 2 bridgehead atoms. The number of nitrogens with one attached hydrogen (secondary N) is 4. The molecule has 42 heavy (non-hydrogen) atoms. The van der Waals surface area contributed by atoms with Gasteiger partial charge < -0.3 is 30.4 Å². The molecule has 12 nitrogen and oxygen atoms in total. The van der Waals surface area contributed by atoms with Crippen molar-refractivity contribution in [3.8, 4) is 5.88 Å². The van der Waals surface area contributed by atoms with E-state index in [2.05, 4.69) is 31.2 Å². The van der Waals surface area contributed by atoms with Gasteiger partial charge in [0.1, 0.15) is 24.4 Å². The van der Waals surface area contributed by atoms with Crippen molar-refractivity contribution in [1.29, 1.82) is 0 Å². The molecule has 2 aromatic heterocycles. The van der Waals surface area contributed by atoms with Crippen LogP contribution in [0, 0.1) is 5.92 Å². The molecule has 0 unspecified atom stereocenters. The van der Waals surface area contributed by atoms with Gasteiger partial charge in [-0.15, -0.1) is 0 Å². The van der Waals surface area contributed by atoms with E-state index in [4.69, 9.17) is 9.15 Å². The minimum Gasteiger partial charge on any atom is -0.481 e. The van der Waals surface area contributed by atoms with E-state index in [0.717, 1.165) is 5.56 Å². The fraction of sp³-hybridized carbons (Fsp3) is 0.400. The Morgan fingerprint density at radius 1 is 1.10 bits per heavy atom. The van der Waals surface area contributed by atoms with Crippen LogP contribution < -0.4 is 26.0 Å². The number of aromatic nitrogens is 2. The van der Waals surface area contributed by atoms with E-state index in [-0.39, 0.29) is 35.4 Å². The standard InChI is InChI=1S/C30H36N6O6/c1-18(2)25-29(40)34-22(15-19-9-5-4-6-10-19)30-35-23(17-42-30)27(38)32-13-8-7-11-21(28(39)36-25)33-26(37)20-12-14-31-24(16-20)41-3/h4-6,9-10,12,14,16-18,21-22,25H,7-8,11,13,15H2,1-3H3,(H,32,38)(H,33,37)(H,34,40)(H,36,39)/t21-,22+,25-/m0/s1. The van der Waals surface area contributed by atoms with Gasteiger partial charge in [0.15, 0.2) is 5.69 Å². The summed E-state index contributed by atoms with van der Waals surface area (Å²) < 4.78 is 10.8. The largest absolute Gasteiger partial charge is 0.481 e. The van der Waals surface area contributed by atoms with Gasteiger partial charge in [-0.2, -0.15) is 0 Å². The molecule has 4 N–H and O–H groups in total. The number of carbonyl (C=O) groups is 4. The summed E-state index contributed by atoms with van der Waals surface area (Å²) in [4.78, 5) is 61.3. The molecule has 3 heterocycles. The van der Waals surface area contributed by atoms with Crippen molar-refractivity contribution in [2.75, 3.05) is 13.7 Å². The summed E-state index contributed by atoms with van der Waals surface area (Å²) >= 11 is 0. The maximum absolute atomic E-state index is 13.6. The van der Waals surface area contributed by atoms with Gasteiger partial charge in [-0.25, -0.2) is 9.97 Å². The highest BCUT2D eigenvalue weighted by Gasteiger charge is 2.32. The molecule has 3 atom stereocenters. The quantitative estimate of drug-likeness (QED) is 0.347.